The second-order valence-corrected chi connectivity index (χ2v) is 15.0. The normalized spacial score (nSPS) is 16.6. The van der Waals surface area contributed by atoms with Crippen LogP contribution in [0.5, 0.6) is 11.6 Å². The lowest BCUT2D eigenvalue weighted by Crippen LogP contribution is -2.44. The second kappa shape index (κ2) is 17.5. The number of carbonyl (C=O) groups is 2. The van der Waals surface area contributed by atoms with Gasteiger partial charge in [-0.05, 0) is 63.8 Å². The molecule has 4 heterocycles. The van der Waals surface area contributed by atoms with E-state index in [0.717, 1.165) is 91.0 Å². The summed E-state index contributed by atoms with van der Waals surface area (Å²) < 4.78 is 11.7. The minimum Gasteiger partial charge on any atom is -0.496 e. The first-order chi connectivity index (χ1) is 26.0. The highest BCUT2D eigenvalue weighted by Crippen LogP contribution is 2.43. The third kappa shape index (κ3) is 8.68. The lowest BCUT2D eigenvalue weighted by molar-refractivity contribution is -0.130. The van der Waals surface area contributed by atoms with Crippen LogP contribution in [-0.4, -0.2) is 84.1 Å². The molecule has 54 heavy (non-hydrogen) atoms. The van der Waals surface area contributed by atoms with Crippen molar-refractivity contribution < 1.29 is 19.1 Å². The number of pyridine rings is 2. The van der Waals surface area contributed by atoms with Crippen molar-refractivity contribution in [2.75, 3.05) is 40.4 Å². The van der Waals surface area contributed by atoms with Crippen LogP contribution in [0.3, 0.4) is 0 Å². The smallest absolute Gasteiger partial charge is 0.219 e. The molecule has 10 nitrogen and oxygen atoms in total. The van der Waals surface area contributed by atoms with Gasteiger partial charge in [0.2, 0.25) is 17.7 Å². The summed E-state index contributed by atoms with van der Waals surface area (Å²) in [6.07, 6.45) is 5.37. The predicted molar refractivity (Wildman–Crippen MR) is 215 cm³/mol. The van der Waals surface area contributed by atoms with Gasteiger partial charge in [0.25, 0.3) is 0 Å². The van der Waals surface area contributed by atoms with Gasteiger partial charge in [-0.3, -0.25) is 14.6 Å². The summed E-state index contributed by atoms with van der Waals surface area (Å²) in [6, 6.07) is 18.4. The van der Waals surface area contributed by atoms with Crippen LogP contribution in [0.25, 0.3) is 33.6 Å². The zero-order valence-electron chi connectivity index (χ0n) is 31.9. The number of nitrogens with zero attached hydrogens (tertiary/aromatic N) is 4. The summed E-state index contributed by atoms with van der Waals surface area (Å²) in [6.45, 7) is 10.5. The molecular weight excluding hydrogens is 723 g/mol. The minimum absolute atomic E-state index is 0.00427. The van der Waals surface area contributed by atoms with E-state index in [1.807, 2.05) is 58.3 Å². The van der Waals surface area contributed by atoms with Crippen molar-refractivity contribution in [3.63, 3.8) is 0 Å². The number of benzene rings is 2. The SMILES string of the molecule is COc1cc(-c2nccc(-c3cccc(-c4ccc([C@@H](C)NC5CCN(C(C)=O)CC5)c(OC)n4)c3Cl)c2Cl)ccc1[C@H](C)NC1CCN(C(C)=O)CC1. The fourth-order valence-corrected chi connectivity index (χ4v) is 8.36. The van der Waals surface area contributed by atoms with Gasteiger partial charge in [0.1, 0.15) is 5.75 Å². The Morgan fingerprint density at radius 1 is 0.741 bits per heavy atom. The summed E-state index contributed by atoms with van der Waals surface area (Å²) in [7, 11) is 3.30. The first-order valence-electron chi connectivity index (χ1n) is 18.7. The first-order valence-corrected chi connectivity index (χ1v) is 19.4. The van der Waals surface area contributed by atoms with E-state index in [1.165, 1.54) is 0 Å². The van der Waals surface area contributed by atoms with E-state index in [2.05, 4.69) is 35.5 Å². The summed E-state index contributed by atoms with van der Waals surface area (Å²) >= 11 is 14.3. The molecule has 2 saturated heterocycles. The van der Waals surface area contributed by atoms with E-state index in [0.29, 0.717) is 39.4 Å². The summed E-state index contributed by atoms with van der Waals surface area (Å²) in [4.78, 5) is 36.9. The highest BCUT2D eigenvalue weighted by Gasteiger charge is 2.26. The number of halogens is 2. The number of carbonyl (C=O) groups excluding carboxylic acids is 2. The van der Waals surface area contributed by atoms with Crippen molar-refractivity contribution in [3.8, 4) is 45.3 Å². The Morgan fingerprint density at radius 2 is 1.30 bits per heavy atom. The number of piperidine rings is 2. The Morgan fingerprint density at radius 3 is 1.87 bits per heavy atom. The average Bonchev–Trinajstić information content (AvgIpc) is 3.18. The number of hydrogen-bond acceptors (Lipinski definition) is 8. The highest BCUT2D eigenvalue weighted by molar-refractivity contribution is 6.39. The molecule has 2 aromatic carbocycles. The largest absolute Gasteiger partial charge is 0.496 e. The molecule has 0 radical (unpaired) electrons. The van der Waals surface area contributed by atoms with Crippen LogP contribution in [-0.2, 0) is 9.59 Å². The molecule has 0 bridgehead atoms. The van der Waals surface area contributed by atoms with Crippen molar-refractivity contribution in [2.24, 2.45) is 0 Å². The molecule has 2 aromatic heterocycles. The molecule has 12 heteroatoms. The van der Waals surface area contributed by atoms with Gasteiger partial charge in [0, 0.05) is 104 Å². The molecule has 2 aliphatic rings. The van der Waals surface area contributed by atoms with E-state index in [-0.39, 0.29) is 23.9 Å². The lowest BCUT2D eigenvalue weighted by atomic mass is 9.97. The molecule has 2 atom stereocenters. The van der Waals surface area contributed by atoms with Gasteiger partial charge in [-0.1, -0.05) is 53.5 Å². The van der Waals surface area contributed by atoms with Crippen molar-refractivity contribution in [2.45, 2.75) is 77.5 Å². The molecule has 2 aliphatic heterocycles. The van der Waals surface area contributed by atoms with E-state index < -0.39 is 0 Å². The van der Waals surface area contributed by atoms with E-state index in [9.17, 15) is 9.59 Å². The maximum absolute atomic E-state index is 11.8. The number of aromatic nitrogens is 2. The Balaban J connectivity index is 1.21. The van der Waals surface area contributed by atoms with Gasteiger partial charge >= 0.3 is 0 Å². The Labute approximate surface area is 328 Å². The van der Waals surface area contributed by atoms with Crippen LogP contribution in [0.4, 0.5) is 0 Å². The summed E-state index contributed by atoms with van der Waals surface area (Å²) in [5.74, 6) is 1.53. The van der Waals surface area contributed by atoms with Crippen molar-refractivity contribution >= 4 is 35.0 Å². The van der Waals surface area contributed by atoms with E-state index >= 15 is 0 Å². The number of methoxy groups -OCH3 is 2. The topological polar surface area (TPSA) is 109 Å². The monoisotopic (exact) mass is 772 g/mol. The quantitative estimate of drug-likeness (QED) is 0.157. The van der Waals surface area contributed by atoms with Gasteiger partial charge in [0.15, 0.2) is 0 Å². The maximum atomic E-state index is 11.8. The fraction of sp³-hybridized carbons (Fsp3) is 0.429. The van der Waals surface area contributed by atoms with E-state index in [4.69, 9.17) is 37.7 Å². The number of ether oxygens (including phenoxy) is 2. The van der Waals surface area contributed by atoms with E-state index in [1.54, 1.807) is 34.3 Å². The van der Waals surface area contributed by atoms with Gasteiger partial charge in [-0.25, -0.2) is 4.98 Å². The predicted octanol–water partition coefficient (Wildman–Crippen LogP) is 8.12. The van der Waals surface area contributed by atoms with Crippen molar-refractivity contribution in [1.29, 1.82) is 0 Å². The standard InChI is InChI=1S/C42H50Cl2N6O4/c1-25(46-30-15-20-49(21-16-30)27(3)51)32-11-10-29(24-38(32)53-5)41-40(44)35(14-19-45-41)34-8-7-9-36(39(34)43)37-13-12-33(42(48-37)54-6)26(2)47-31-17-22-50(23-18-31)28(4)52/h7-14,19,24-26,30-31,46-47H,15-18,20-23H2,1-6H3/t25-,26+/m0/s1. The molecule has 0 spiro atoms. The highest BCUT2D eigenvalue weighted by atomic mass is 35.5. The van der Waals surface area contributed by atoms with Crippen LogP contribution >= 0.6 is 23.2 Å². The van der Waals surface area contributed by atoms with Gasteiger partial charge < -0.3 is 29.9 Å². The molecule has 286 valence electrons. The Bertz CT molecular complexity index is 1840. The number of likely N-dealkylation sites (tertiary alicyclic amines) is 2. The molecule has 2 N–H and O–H groups in total. The summed E-state index contributed by atoms with van der Waals surface area (Å²) in [5.41, 5.74) is 6.38. The molecular formula is C42H50Cl2N6O4. The van der Waals surface area contributed by atoms with Crippen molar-refractivity contribution in [1.82, 2.24) is 30.4 Å². The third-order valence-corrected chi connectivity index (χ3v) is 11.6. The maximum Gasteiger partial charge on any atom is 0.219 e. The molecule has 0 saturated carbocycles. The number of hydrogen-bond donors (Lipinski definition) is 2. The Kier molecular flexibility index (Phi) is 12.8. The molecule has 6 rings (SSSR count). The third-order valence-electron chi connectivity index (χ3n) is 10.8. The fourth-order valence-electron chi connectivity index (χ4n) is 7.71. The van der Waals surface area contributed by atoms with Crippen molar-refractivity contribution in [3.05, 3.63) is 82.0 Å². The van der Waals surface area contributed by atoms with Crippen LogP contribution in [0, 0.1) is 0 Å². The van der Waals surface area contributed by atoms with Crippen LogP contribution < -0.4 is 20.1 Å². The van der Waals surface area contributed by atoms with Crippen LogP contribution in [0.1, 0.15) is 76.6 Å². The zero-order chi connectivity index (χ0) is 38.5. The van der Waals surface area contributed by atoms with Gasteiger partial charge in [0.05, 0.1) is 35.7 Å². The number of rotatable bonds is 11. The average molecular weight is 774 g/mol. The van der Waals surface area contributed by atoms with Crippen LogP contribution in [0.15, 0.2) is 60.8 Å². The molecule has 0 unspecified atom stereocenters. The molecule has 4 aromatic rings. The molecule has 2 amide bonds. The molecule has 2 fully saturated rings. The van der Waals surface area contributed by atoms with Gasteiger partial charge in [-0.15, -0.1) is 0 Å². The number of amides is 2. The second-order valence-electron chi connectivity index (χ2n) is 14.3. The first kappa shape index (κ1) is 39.5. The summed E-state index contributed by atoms with van der Waals surface area (Å²) in [5, 5.41) is 8.43. The molecule has 0 aliphatic carbocycles. The Hall–Kier alpha value is -4.22. The zero-order valence-corrected chi connectivity index (χ0v) is 33.4. The minimum atomic E-state index is -0.00427. The van der Waals surface area contributed by atoms with Crippen LogP contribution in [0.2, 0.25) is 10.0 Å². The lowest BCUT2D eigenvalue weighted by Gasteiger charge is -2.33. The van der Waals surface area contributed by atoms with Gasteiger partial charge in [-0.2, -0.15) is 0 Å². The number of nitrogens with one attached hydrogen (secondary N) is 2.